The smallest absolute Gasteiger partial charge is 0.390 e. The normalized spacial score (nSPS) is 14.8. The predicted molar refractivity (Wildman–Crippen MR) is 67.6 cm³/mol. The van der Waals surface area contributed by atoms with Gasteiger partial charge in [-0.2, -0.15) is 13.2 Å². The van der Waals surface area contributed by atoms with Gasteiger partial charge in [-0.3, -0.25) is 10.1 Å². The molecule has 6 nitrogen and oxygen atoms in total. The summed E-state index contributed by atoms with van der Waals surface area (Å²) in [6, 6.07) is 1.80. The second kappa shape index (κ2) is 6.83. The minimum atomic E-state index is -4.78. The molecule has 9 heteroatoms. The van der Waals surface area contributed by atoms with Crippen LogP contribution in [0.3, 0.4) is 0 Å². The summed E-state index contributed by atoms with van der Waals surface area (Å²) in [5, 5.41) is 32.9. The molecule has 0 spiro atoms. The number of hydrogen-bond donors (Lipinski definition) is 3. The first kappa shape index (κ1) is 17.3. The Bertz CT molecular complexity index is 508. The highest BCUT2D eigenvalue weighted by Crippen LogP contribution is 2.34. The molecule has 1 rings (SSSR count). The van der Waals surface area contributed by atoms with Crippen molar-refractivity contribution in [2.45, 2.75) is 24.8 Å². The molecule has 0 saturated heterocycles. The molecule has 0 bridgehead atoms. The standard InChI is InChI=1S/C12H15F3N2O4/c1-16-3-2-10(18)11(19)7-4-8(12(13,14)15)6-9(5-7)17(20)21/h4-6,10-11,16,18-19H,2-3H2,1H3. The van der Waals surface area contributed by atoms with Gasteiger partial charge in [0.1, 0.15) is 6.10 Å². The Morgan fingerprint density at radius 2 is 1.95 bits per heavy atom. The molecule has 1 aromatic rings. The second-order valence-electron chi connectivity index (χ2n) is 4.47. The third kappa shape index (κ3) is 4.66. The van der Waals surface area contributed by atoms with Crippen molar-refractivity contribution in [2.24, 2.45) is 0 Å². The largest absolute Gasteiger partial charge is 0.416 e. The minimum absolute atomic E-state index is 0.0850. The zero-order valence-corrected chi connectivity index (χ0v) is 11.1. The molecule has 2 unspecified atom stereocenters. The first-order valence-electron chi connectivity index (χ1n) is 6.04. The van der Waals surface area contributed by atoms with Crippen molar-refractivity contribution in [1.82, 2.24) is 5.32 Å². The average molecular weight is 308 g/mol. The SMILES string of the molecule is CNCCC(O)C(O)c1cc([N+](=O)[O-])cc(C(F)(F)F)c1. The van der Waals surface area contributed by atoms with E-state index in [4.69, 9.17) is 0 Å². The maximum Gasteiger partial charge on any atom is 0.416 e. The molecule has 0 heterocycles. The molecule has 0 aliphatic rings. The lowest BCUT2D eigenvalue weighted by Gasteiger charge is -2.19. The maximum atomic E-state index is 12.7. The highest BCUT2D eigenvalue weighted by atomic mass is 19.4. The van der Waals surface area contributed by atoms with E-state index in [1.807, 2.05) is 0 Å². The zero-order chi connectivity index (χ0) is 16.2. The molecule has 0 fully saturated rings. The number of nitrogens with zero attached hydrogens (tertiary/aromatic N) is 1. The third-order valence-electron chi connectivity index (χ3n) is 2.87. The number of nitrogens with one attached hydrogen (secondary N) is 1. The van der Waals surface area contributed by atoms with Gasteiger partial charge < -0.3 is 15.5 Å². The van der Waals surface area contributed by atoms with E-state index in [0.717, 1.165) is 6.07 Å². The minimum Gasteiger partial charge on any atom is -0.390 e. The highest BCUT2D eigenvalue weighted by Gasteiger charge is 2.34. The molecule has 2 atom stereocenters. The highest BCUT2D eigenvalue weighted by molar-refractivity contribution is 5.41. The molecule has 0 aliphatic heterocycles. The molecule has 0 radical (unpaired) electrons. The molecule has 0 saturated carbocycles. The Balaban J connectivity index is 3.16. The average Bonchev–Trinajstić information content (AvgIpc) is 2.42. The van der Waals surface area contributed by atoms with Gasteiger partial charge in [0, 0.05) is 12.1 Å². The van der Waals surface area contributed by atoms with Gasteiger partial charge in [0.2, 0.25) is 0 Å². The van der Waals surface area contributed by atoms with Crippen LogP contribution in [0.2, 0.25) is 0 Å². The topological polar surface area (TPSA) is 95.6 Å². The van der Waals surface area contributed by atoms with Crippen LogP contribution in [0.1, 0.15) is 23.7 Å². The lowest BCUT2D eigenvalue weighted by atomic mass is 9.99. The summed E-state index contributed by atoms with van der Waals surface area (Å²) < 4.78 is 38.1. The van der Waals surface area contributed by atoms with Gasteiger partial charge in [-0.25, -0.2) is 0 Å². The molecule has 0 aromatic heterocycles. The molecule has 1 aromatic carbocycles. The molecular weight excluding hydrogens is 293 g/mol. The first-order chi connectivity index (χ1) is 9.66. The number of nitro benzene ring substituents is 1. The first-order valence-corrected chi connectivity index (χ1v) is 6.04. The number of hydrogen-bond acceptors (Lipinski definition) is 5. The Labute approximate surface area is 118 Å². The van der Waals surface area contributed by atoms with Crippen molar-refractivity contribution in [2.75, 3.05) is 13.6 Å². The maximum absolute atomic E-state index is 12.7. The second-order valence-corrected chi connectivity index (χ2v) is 4.47. The molecule has 118 valence electrons. The number of nitro groups is 1. The van der Waals surface area contributed by atoms with Crippen molar-refractivity contribution in [3.8, 4) is 0 Å². The third-order valence-corrected chi connectivity index (χ3v) is 2.87. The van der Waals surface area contributed by atoms with E-state index in [1.165, 1.54) is 0 Å². The molecule has 3 N–H and O–H groups in total. The summed E-state index contributed by atoms with van der Waals surface area (Å²) >= 11 is 0. The van der Waals surface area contributed by atoms with E-state index in [0.29, 0.717) is 18.7 Å². The van der Waals surface area contributed by atoms with Crippen LogP contribution in [0.5, 0.6) is 0 Å². The Morgan fingerprint density at radius 3 is 2.43 bits per heavy atom. The number of halogens is 3. The van der Waals surface area contributed by atoms with Crippen molar-refractivity contribution in [1.29, 1.82) is 0 Å². The van der Waals surface area contributed by atoms with Gasteiger partial charge in [-0.05, 0) is 31.6 Å². The van der Waals surface area contributed by atoms with E-state index >= 15 is 0 Å². The summed E-state index contributed by atoms with van der Waals surface area (Å²) in [5.74, 6) is 0. The lowest BCUT2D eigenvalue weighted by Crippen LogP contribution is -2.23. The Hall–Kier alpha value is -1.71. The monoisotopic (exact) mass is 308 g/mol. The summed E-state index contributed by atoms with van der Waals surface area (Å²) in [5.41, 5.74) is -2.38. The Kier molecular flexibility index (Phi) is 5.64. The fourth-order valence-electron chi connectivity index (χ4n) is 1.75. The van der Waals surface area contributed by atoms with Crippen molar-refractivity contribution >= 4 is 5.69 Å². The van der Waals surface area contributed by atoms with E-state index in [1.54, 1.807) is 7.05 Å². The van der Waals surface area contributed by atoms with Crippen LogP contribution in [0.4, 0.5) is 18.9 Å². The van der Waals surface area contributed by atoms with E-state index in [2.05, 4.69) is 5.32 Å². The molecule has 0 aliphatic carbocycles. The van der Waals surface area contributed by atoms with E-state index < -0.39 is 34.6 Å². The van der Waals surface area contributed by atoms with E-state index in [9.17, 15) is 33.5 Å². The van der Waals surface area contributed by atoms with Crippen LogP contribution in [0.15, 0.2) is 18.2 Å². The van der Waals surface area contributed by atoms with Gasteiger partial charge >= 0.3 is 6.18 Å². The van der Waals surface area contributed by atoms with Gasteiger partial charge in [-0.1, -0.05) is 0 Å². The lowest BCUT2D eigenvalue weighted by molar-refractivity contribution is -0.385. The van der Waals surface area contributed by atoms with Gasteiger partial charge in [0.05, 0.1) is 16.6 Å². The van der Waals surface area contributed by atoms with Crippen molar-refractivity contribution in [3.63, 3.8) is 0 Å². The zero-order valence-electron chi connectivity index (χ0n) is 11.1. The number of aliphatic hydroxyl groups excluding tert-OH is 2. The number of non-ortho nitro benzene ring substituents is 1. The Morgan fingerprint density at radius 1 is 1.33 bits per heavy atom. The van der Waals surface area contributed by atoms with Crippen LogP contribution in [-0.4, -0.2) is 34.8 Å². The van der Waals surface area contributed by atoms with Crippen LogP contribution in [-0.2, 0) is 6.18 Å². The number of benzene rings is 1. The van der Waals surface area contributed by atoms with Crippen LogP contribution in [0, 0.1) is 10.1 Å². The fraction of sp³-hybridized carbons (Fsp3) is 0.500. The van der Waals surface area contributed by atoms with Crippen molar-refractivity contribution < 1.29 is 28.3 Å². The van der Waals surface area contributed by atoms with Gasteiger partial charge in [0.25, 0.3) is 5.69 Å². The number of alkyl halides is 3. The van der Waals surface area contributed by atoms with Crippen LogP contribution < -0.4 is 5.32 Å². The van der Waals surface area contributed by atoms with Crippen LogP contribution >= 0.6 is 0 Å². The summed E-state index contributed by atoms with van der Waals surface area (Å²) in [7, 11) is 1.61. The summed E-state index contributed by atoms with van der Waals surface area (Å²) in [6.45, 7) is 0.333. The molecular formula is C12H15F3N2O4. The predicted octanol–water partition coefficient (Wildman–Crippen LogP) is 1.62. The number of rotatable bonds is 6. The molecule has 21 heavy (non-hydrogen) atoms. The van der Waals surface area contributed by atoms with Crippen molar-refractivity contribution in [3.05, 3.63) is 39.4 Å². The number of aliphatic hydroxyl groups is 2. The molecule has 0 amide bonds. The van der Waals surface area contributed by atoms with Gasteiger partial charge in [-0.15, -0.1) is 0 Å². The quantitative estimate of drug-likeness (QED) is 0.548. The summed E-state index contributed by atoms with van der Waals surface area (Å²) in [6.07, 6.45) is -7.67. The van der Waals surface area contributed by atoms with Crippen LogP contribution in [0.25, 0.3) is 0 Å². The van der Waals surface area contributed by atoms with Gasteiger partial charge in [0.15, 0.2) is 0 Å². The van der Waals surface area contributed by atoms with E-state index in [-0.39, 0.29) is 12.0 Å². The summed E-state index contributed by atoms with van der Waals surface area (Å²) in [4.78, 5) is 9.70. The fourth-order valence-corrected chi connectivity index (χ4v) is 1.75.